The molecule has 2 amide bonds. The van der Waals surface area contributed by atoms with E-state index < -0.39 is 0 Å². The molecule has 6 nitrogen and oxygen atoms in total. The van der Waals surface area contributed by atoms with Crippen LogP contribution >= 0.6 is 0 Å². The highest BCUT2D eigenvalue weighted by molar-refractivity contribution is 5.82. The summed E-state index contributed by atoms with van der Waals surface area (Å²) in [7, 11) is 1.64. The number of hydrogen-bond acceptors (Lipinski definition) is 4. The van der Waals surface area contributed by atoms with Gasteiger partial charge in [0.2, 0.25) is 5.91 Å². The summed E-state index contributed by atoms with van der Waals surface area (Å²) in [5, 5.41) is 0. The Morgan fingerprint density at radius 2 is 1.88 bits per heavy atom. The highest BCUT2D eigenvalue weighted by Gasteiger charge is 2.31. The molecule has 0 saturated carbocycles. The van der Waals surface area contributed by atoms with Crippen molar-refractivity contribution in [2.75, 3.05) is 39.9 Å². The summed E-state index contributed by atoms with van der Waals surface area (Å²) >= 11 is 0. The number of para-hydroxylation sites is 1. The standard InChI is InChI=1S/C19H26N2O4/c1-24-16-6-3-2-5-15(16)8-9-18(22)20-10-12-21(13-11-20)19(23)17-7-4-14-25-17/h2-3,5-6,17H,4,7-14H2,1H3. The molecular weight excluding hydrogens is 320 g/mol. The van der Waals surface area contributed by atoms with Crippen LogP contribution in [-0.2, 0) is 20.7 Å². The molecule has 2 aliphatic heterocycles. The quantitative estimate of drug-likeness (QED) is 0.810. The lowest BCUT2D eigenvalue weighted by Crippen LogP contribution is -2.52. The molecule has 6 heteroatoms. The molecule has 25 heavy (non-hydrogen) atoms. The number of rotatable bonds is 5. The van der Waals surface area contributed by atoms with E-state index in [4.69, 9.17) is 9.47 Å². The summed E-state index contributed by atoms with van der Waals surface area (Å²) in [5.74, 6) is 1.04. The van der Waals surface area contributed by atoms with Crippen molar-refractivity contribution in [2.24, 2.45) is 0 Å². The first-order chi connectivity index (χ1) is 12.2. The van der Waals surface area contributed by atoms with Crippen LogP contribution in [0.1, 0.15) is 24.8 Å². The Balaban J connectivity index is 1.46. The number of benzene rings is 1. The van der Waals surface area contributed by atoms with Gasteiger partial charge in [0.25, 0.3) is 5.91 Å². The zero-order valence-corrected chi connectivity index (χ0v) is 14.8. The maximum absolute atomic E-state index is 12.5. The van der Waals surface area contributed by atoms with Crippen LogP contribution < -0.4 is 4.74 Å². The van der Waals surface area contributed by atoms with Crippen LogP contribution in [0.25, 0.3) is 0 Å². The van der Waals surface area contributed by atoms with Gasteiger partial charge in [-0.3, -0.25) is 9.59 Å². The average Bonchev–Trinajstić information content (AvgIpc) is 3.20. The van der Waals surface area contributed by atoms with Gasteiger partial charge in [-0.1, -0.05) is 18.2 Å². The molecule has 136 valence electrons. The van der Waals surface area contributed by atoms with Gasteiger partial charge in [-0.05, 0) is 30.9 Å². The number of aryl methyl sites for hydroxylation is 1. The fourth-order valence-corrected chi connectivity index (χ4v) is 3.46. The zero-order chi connectivity index (χ0) is 17.6. The van der Waals surface area contributed by atoms with E-state index >= 15 is 0 Å². The van der Waals surface area contributed by atoms with Gasteiger partial charge in [0.1, 0.15) is 11.9 Å². The van der Waals surface area contributed by atoms with Gasteiger partial charge in [-0.25, -0.2) is 0 Å². The van der Waals surface area contributed by atoms with Crippen molar-refractivity contribution in [3.05, 3.63) is 29.8 Å². The predicted molar refractivity (Wildman–Crippen MR) is 93.4 cm³/mol. The maximum Gasteiger partial charge on any atom is 0.251 e. The maximum atomic E-state index is 12.5. The molecule has 0 N–H and O–H groups in total. The topological polar surface area (TPSA) is 59.1 Å². The molecule has 1 aromatic rings. The molecule has 2 saturated heterocycles. The van der Waals surface area contributed by atoms with Crippen LogP contribution in [0.15, 0.2) is 24.3 Å². The van der Waals surface area contributed by atoms with E-state index in [0.29, 0.717) is 45.6 Å². The third-order valence-electron chi connectivity index (χ3n) is 4.95. The lowest BCUT2D eigenvalue weighted by molar-refractivity contribution is -0.146. The van der Waals surface area contributed by atoms with E-state index in [1.807, 2.05) is 34.1 Å². The minimum atomic E-state index is -0.271. The van der Waals surface area contributed by atoms with Crippen molar-refractivity contribution in [1.29, 1.82) is 0 Å². The van der Waals surface area contributed by atoms with E-state index in [0.717, 1.165) is 24.2 Å². The fourth-order valence-electron chi connectivity index (χ4n) is 3.46. The lowest BCUT2D eigenvalue weighted by Gasteiger charge is -2.35. The molecule has 1 unspecified atom stereocenters. The van der Waals surface area contributed by atoms with Gasteiger partial charge in [0.05, 0.1) is 7.11 Å². The van der Waals surface area contributed by atoms with Crippen LogP contribution in [0, 0.1) is 0 Å². The monoisotopic (exact) mass is 346 g/mol. The summed E-state index contributed by atoms with van der Waals surface area (Å²) in [5.41, 5.74) is 1.05. The summed E-state index contributed by atoms with van der Waals surface area (Å²) in [4.78, 5) is 28.5. The van der Waals surface area contributed by atoms with E-state index in [1.54, 1.807) is 7.11 Å². The Labute approximate surface area is 148 Å². The Hall–Kier alpha value is -2.08. The normalized spacial score (nSPS) is 20.6. The molecule has 0 aromatic heterocycles. The van der Waals surface area contributed by atoms with Crippen molar-refractivity contribution >= 4 is 11.8 Å². The summed E-state index contributed by atoms with van der Waals surface area (Å²) in [6.07, 6.45) is 2.62. The summed E-state index contributed by atoms with van der Waals surface area (Å²) in [6.45, 7) is 3.07. The van der Waals surface area contributed by atoms with Gasteiger partial charge >= 0.3 is 0 Å². The minimum Gasteiger partial charge on any atom is -0.496 e. The predicted octanol–water partition coefficient (Wildman–Crippen LogP) is 1.48. The van der Waals surface area contributed by atoms with Crippen LogP contribution in [0.5, 0.6) is 5.75 Å². The first kappa shape index (κ1) is 17.7. The second-order valence-electron chi connectivity index (χ2n) is 6.52. The number of amides is 2. The molecule has 1 atom stereocenters. The lowest BCUT2D eigenvalue weighted by atomic mass is 10.1. The molecule has 0 spiro atoms. The number of methoxy groups -OCH3 is 1. The molecule has 0 radical (unpaired) electrons. The van der Waals surface area contributed by atoms with Crippen molar-refractivity contribution in [2.45, 2.75) is 31.8 Å². The second kappa shape index (κ2) is 8.34. The molecule has 2 fully saturated rings. The Morgan fingerprint density at radius 3 is 2.56 bits per heavy atom. The van der Waals surface area contributed by atoms with Crippen molar-refractivity contribution in [1.82, 2.24) is 9.80 Å². The fraction of sp³-hybridized carbons (Fsp3) is 0.579. The minimum absolute atomic E-state index is 0.0821. The van der Waals surface area contributed by atoms with Gasteiger partial charge in [0.15, 0.2) is 0 Å². The molecule has 0 aliphatic carbocycles. The highest BCUT2D eigenvalue weighted by atomic mass is 16.5. The first-order valence-corrected chi connectivity index (χ1v) is 8.99. The van der Waals surface area contributed by atoms with E-state index in [9.17, 15) is 9.59 Å². The largest absolute Gasteiger partial charge is 0.496 e. The van der Waals surface area contributed by atoms with Crippen LogP contribution in [0.4, 0.5) is 0 Å². The van der Waals surface area contributed by atoms with Gasteiger partial charge in [-0.2, -0.15) is 0 Å². The molecular formula is C19H26N2O4. The van der Waals surface area contributed by atoms with Gasteiger partial charge in [-0.15, -0.1) is 0 Å². The smallest absolute Gasteiger partial charge is 0.251 e. The molecule has 1 aromatic carbocycles. The van der Waals surface area contributed by atoms with Gasteiger partial charge in [0, 0.05) is 39.2 Å². The zero-order valence-electron chi connectivity index (χ0n) is 14.8. The number of carbonyl (C=O) groups is 2. The third kappa shape index (κ3) is 4.31. The number of piperazine rings is 1. The van der Waals surface area contributed by atoms with Crippen LogP contribution in [-0.4, -0.2) is 67.6 Å². The number of carbonyl (C=O) groups excluding carboxylic acids is 2. The molecule has 3 rings (SSSR count). The SMILES string of the molecule is COc1ccccc1CCC(=O)N1CCN(C(=O)C2CCCO2)CC1. The molecule has 0 bridgehead atoms. The Morgan fingerprint density at radius 1 is 1.16 bits per heavy atom. The average molecular weight is 346 g/mol. The van der Waals surface area contributed by atoms with Crippen molar-refractivity contribution in [3.63, 3.8) is 0 Å². The highest BCUT2D eigenvalue weighted by Crippen LogP contribution is 2.20. The van der Waals surface area contributed by atoms with Crippen molar-refractivity contribution in [3.8, 4) is 5.75 Å². The summed E-state index contributed by atoms with van der Waals surface area (Å²) < 4.78 is 10.8. The van der Waals surface area contributed by atoms with E-state index in [1.165, 1.54) is 0 Å². The molecule has 2 aliphatic rings. The van der Waals surface area contributed by atoms with E-state index in [-0.39, 0.29) is 17.9 Å². The third-order valence-corrected chi connectivity index (χ3v) is 4.95. The summed E-state index contributed by atoms with van der Waals surface area (Å²) in [6, 6.07) is 7.78. The Kier molecular flexibility index (Phi) is 5.91. The first-order valence-electron chi connectivity index (χ1n) is 8.99. The number of nitrogens with zero attached hydrogens (tertiary/aromatic N) is 2. The second-order valence-corrected chi connectivity index (χ2v) is 6.52. The Bertz CT molecular complexity index is 605. The number of ether oxygens (including phenoxy) is 2. The van der Waals surface area contributed by atoms with Gasteiger partial charge < -0.3 is 19.3 Å². The van der Waals surface area contributed by atoms with Crippen LogP contribution in [0.2, 0.25) is 0 Å². The molecule has 2 heterocycles. The van der Waals surface area contributed by atoms with E-state index in [2.05, 4.69) is 0 Å². The van der Waals surface area contributed by atoms with Crippen molar-refractivity contribution < 1.29 is 19.1 Å². The van der Waals surface area contributed by atoms with Crippen LogP contribution in [0.3, 0.4) is 0 Å². The number of hydrogen-bond donors (Lipinski definition) is 0.